The first-order chi connectivity index (χ1) is 11.9. The minimum absolute atomic E-state index is 0.766. The number of rotatable bonds is 3. The lowest BCUT2D eigenvalue weighted by molar-refractivity contribution is 0.122. The zero-order valence-electron chi connectivity index (χ0n) is 13.7. The van der Waals surface area contributed by atoms with Crippen molar-refractivity contribution in [3.8, 4) is 0 Å². The standard InChI is InChI=1S/C17H22N6O/c1-2-4-18-15(3-1)21-5-7-22(8-6-21)16-13-17(20-14-19-16)23-9-11-24-12-10-23/h1-4,13-14H,5-12H2. The van der Waals surface area contributed by atoms with Gasteiger partial charge in [-0.2, -0.15) is 0 Å². The third-order valence-electron chi connectivity index (χ3n) is 4.55. The van der Waals surface area contributed by atoms with Crippen molar-refractivity contribution in [2.75, 3.05) is 67.2 Å². The highest BCUT2D eigenvalue weighted by molar-refractivity contribution is 5.51. The molecule has 0 amide bonds. The molecule has 0 unspecified atom stereocenters. The molecule has 0 atom stereocenters. The first-order valence-electron chi connectivity index (χ1n) is 8.46. The number of pyridine rings is 1. The molecule has 2 aromatic rings. The second-order valence-electron chi connectivity index (χ2n) is 6.00. The highest BCUT2D eigenvalue weighted by atomic mass is 16.5. The van der Waals surface area contributed by atoms with Crippen LogP contribution in [0.25, 0.3) is 0 Å². The van der Waals surface area contributed by atoms with Crippen LogP contribution in [0.3, 0.4) is 0 Å². The molecule has 2 aliphatic rings. The number of nitrogens with zero attached hydrogens (tertiary/aromatic N) is 6. The van der Waals surface area contributed by atoms with Gasteiger partial charge in [-0.25, -0.2) is 15.0 Å². The van der Waals surface area contributed by atoms with Crippen LogP contribution in [0.2, 0.25) is 0 Å². The number of hydrogen-bond donors (Lipinski definition) is 0. The Morgan fingerprint density at radius 1 is 0.708 bits per heavy atom. The molecule has 0 bridgehead atoms. The molecule has 2 fully saturated rings. The van der Waals surface area contributed by atoms with Crippen molar-refractivity contribution in [3.63, 3.8) is 0 Å². The van der Waals surface area contributed by atoms with Gasteiger partial charge >= 0.3 is 0 Å². The van der Waals surface area contributed by atoms with Crippen molar-refractivity contribution < 1.29 is 4.74 Å². The van der Waals surface area contributed by atoms with Crippen LogP contribution in [-0.2, 0) is 4.74 Å². The summed E-state index contributed by atoms with van der Waals surface area (Å²) in [6, 6.07) is 8.15. The Morgan fingerprint density at radius 3 is 1.96 bits per heavy atom. The first kappa shape index (κ1) is 15.1. The molecule has 7 nitrogen and oxygen atoms in total. The van der Waals surface area contributed by atoms with Crippen molar-refractivity contribution in [2.45, 2.75) is 0 Å². The second kappa shape index (κ2) is 7.00. The normalized spacial score (nSPS) is 18.8. The zero-order valence-corrected chi connectivity index (χ0v) is 13.7. The Hall–Kier alpha value is -2.41. The number of ether oxygens (including phenoxy) is 1. The van der Waals surface area contributed by atoms with E-state index in [4.69, 9.17) is 4.74 Å². The minimum atomic E-state index is 0.766. The summed E-state index contributed by atoms with van der Waals surface area (Å²) in [5.41, 5.74) is 0. The van der Waals surface area contributed by atoms with Gasteiger partial charge in [0.2, 0.25) is 0 Å². The van der Waals surface area contributed by atoms with E-state index in [0.717, 1.165) is 69.9 Å². The summed E-state index contributed by atoms with van der Waals surface area (Å²) in [5, 5.41) is 0. The quantitative estimate of drug-likeness (QED) is 0.835. The number of morpholine rings is 1. The number of piperazine rings is 1. The molecule has 0 aliphatic carbocycles. The van der Waals surface area contributed by atoms with Gasteiger partial charge in [-0.05, 0) is 12.1 Å². The average Bonchev–Trinajstić information content (AvgIpc) is 2.70. The second-order valence-corrected chi connectivity index (χ2v) is 6.00. The van der Waals surface area contributed by atoms with Crippen LogP contribution in [-0.4, -0.2) is 67.4 Å². The van der Waals surface area contributed by atoms with Gasteiger partial charge in [-0.3, -0.25) is 0 Å². The van der Waals surface area contributed by atoms with Crippen LogP contribution in [0.4, 0.5) is 17.5 Å². The van der Waals surface area contributed by atoms with Gasteiger partial charge in [0.1, 0.15) is 23.8 Å². The fourth-order valence-electron chi connectivity index (χ4n) is 3.18. The highest BCUT2D eigenvalue weighted by Gasteiger charge is 2.20. The molecule has 4 heterocycles. The first-order valence-corrected chi connectivity index (χ1v) is 8.46. The molecule has 0 saturated carbocycles. The van der Waals surface area contributed by atoms with Crippen molar-refractivity contribution in [2.24, 2.45) is 0 Å². The van der Waals surface area contributed by atoms with E-state index < -0.39 is 0 Å². The molecule has 0 aromatic carbocycles. The summed E-state index contributed by atoms with van der Waals surface area (Å²) in [7, 11) is 0. The molecule has 0 radical (unpaired) electrons. The summed E-state index contributed by atoms with van der Waals surface area (Å²) < 4.78 is 5.41. The molecule has 2 saturated heterocycles. The molecular formula is C17H22N6O. The molecule has 0 N–H and O–H groups in total. The average molecular weight is 326 g/mol. The minimum Gasteiger partial charge on any atom is -0.378 e. The SMILES string of the molecule is c1ccc(N2CCN(c3cc(N4CCOCC4)ncn3)CC2)nc1. The van der Waals surface area contributed by atoms with E-state index in [1.165, 1.54) is 0 Å². The maximum absolute atomic E-state index is 5.41. The summed E-state index contributed by atoms with van der Waals surface area (Å²) in [4.78, 5) is 20.3. The third kappa shape index (κ3) is 3.26. The van der Waals surface area contributed by atoms with E-state index in [1.54, 1.807) is 6.33 Å². The van der Waals surface area contributed by atoms with Crippen molar-refractivity contribution in [1.29, 1.82) is 0 Å². The third-order valence-corrected chi connectivity index (χ3v) is 4.55. The van der Waals surface area contributed by atoms with Gasteiger partial charge in [0, 0.05) is 51.5 Å². The van der Waals surface area contributed by atoms with E-state index in [0.29, 0.717) is 0 Å². The summed E-state index contributed by atoms with van der Waals surface area (Å²) in [5.74, 6) is 3.05. The number of aromatic nitrogens is 3. The molecular weight excluding hydrogens is 304 g/mol. The molecule has 2 aliphatic heterocycles. The monoisotopic (exact) mass is 326 g/mol. The zero-order chi connectivity index (χ0) is 16.2. The highest BCUT2D eigenvalue weighted by Crippen LogP contribution is 2.21. The van der Waals surface area contributed by atoms with Crippen molar-refractivity contribution in [1.82, 2.24) is 15.0 Å². The summed E-state index contributed by atoms with van der Waals surface area (Å²) >= 11 is 0. The van der Waals surface area contributed by atoms with E-state index in [-0.39, 0.29) is 0 Å². The lowest BCUT2D eigenvalue weighted by atomic mass is 10.3. The Balaban J connectivity index is 1.42. The predicted molar refractivity (Wildman–Crippen MR) is 93.7 cm³/mol. The Morgan fingerprint density at radius 2 is 1.33 bits per heavy atom. The Bertz CT molecular complexity index is 653. The van der Waals surface area contributed by atoms with Gasteiger partial charge < -0.3 is 19.4 Å². The maximum atomic E-state index is 5.41. The van der Waals surface area contributed by atoms with Crippen LogP contribution < -0.4 is 14.7 Å². The largest absolute Gasteiger partial charge is 0.378 e. The molecule has 24 heavy (non-hydrogen) atoms. The van der Waals surface area contributed by atoms with Crippen LogP contribution in [0.1, 0.15) is 0 Å². The van der Waals surface area contributed by atoms with Crippen LogP contribution in [0.5, 0.6) is 0 Å². The molecule has 126 valence electrons. The van der Waals surface area contributed by atoms with Crippen LogP contribution >= 0.6 is 0 Å². The number of hydrogen-bond acceptors (Lipinski definition) is 7. The van der Waals surface area contributed by atoms with Gasteiger partial charge in [-0.15, -0.1) is 0 Å². The van der Waals surface area contributed by atoms with Gasteiger partial charge in [0.15, 0.2) is 0 Å². The summed E-state index contributed by atoms with van der Waals surface area (Å²) in [6.45, 7) is 7.10. The van der Waals surface area contributed by atoms with E-state index in [9.17, 15) is 0 Å². The van der Waals surface area contributed by atoms with Crippen LogP contribution in [0.15, 0.2) is 36.8 Å². The summed E-state index contributed by atoms with van der Waals surface area (Å²) in [6.07, 6.45) is 3.52. The number of anilines is 3. The Labute approximate surface area is 141 Å². The molecule has 7 heteroatoms. The van der Waals surface area contributed by atoms with E-state index in [2.05, 4.69) is 41.8 Å². The van der Waals surface area contributed by atoms with Gasteiger partial charge in [-0.1, -0.05) is 6.07 Å². The fraction of sp³-hybridized carbons (Fsp3) is 0.471. The van der Waals surface area contributed by atoms with Gasteiger partial charge in [0.05, 0.1) is 13.2 Å². The maximum Gasteiger partial charge on any atom is 0.134 e. The van der Waals surface area contributed by atoms with Crippen molar-refractivity contribution in [3.05, 3.63) is 36.8 Å². The van der Waals surface area contributed by atoms with Crippen LogP contribution in [0, 0.1) is 0 Å². The fourth-order valence-corrected chi connectivity index (χ4v) is 3.18. The lowest BCUT2D eigenvalue weighted by Gasteiger charge is -2.36. The Kier molecular flexibility index (Phi) is 4.42. The van der Waals surface area contributed by atoms with Gasteiger partial charge in [0.25, 0.3) is 0 Å². The molecule has 4 rings (SSSR count). The van der Waals surface area contributed by atoms with E-state index in [1.807, 2.05) is 18.3 Å². The topological polar surface area (TPSA) is 57.6 Å². The molecule has 0 spiro atoms. The lowest BCUT2D eigenvalue weighted by Crippen LogP contribution is -2.47. The van der Waals surface area contributed by atoms with E-state index >= 15 is 0 Å². The smallest absolute Gasteiger partial charge is 0.134 e. The predicted octanol–water partition coefficient (Wildman–Crippen LogP) is 1.03. The van der Waals surface area contributed by atoms with Crippen molar-refractivity contribution >= 4 is 17.5 Å². The molecule has 2 aromatic heterocycles.